The first-order valence-corrected chi connectivity index (χ1v) is 5.11. The zero-order valence-corrected chi connectivity index (χ0v) is 9.03. The molecule has 0 aliphatic carbocycles. The van der Waals surface area contributed by atoms with Gasteiger partial charge in [0.25, 0.3) is 6.01 Å². The number of nitrogens with zero attached hydrogens (tertiary/aromatic N) is 1. The molecule has 4 heteroatoms. The van der Waals surface area contributed by atoms with Crippen molar-refractivity contribution in [1.29, 1.82) is 0 Å². The van der Waals surface area contributed by atoms with Gasteiger partial charge in [-0.05, 0) is 37.5 Å². The molecular formula is C12H13FN2O. The van der Waals surface area contributed by atoms with E-state index in [1.165, 1.54) is 12.1 Å². The maximum atomic E-state index is 12.7. The Morgan fingerprint density at radius 2 is 1.94 bits per heavy atom. The summed E-state index contributed by atoms with van der Waals surface area (Å²) in [5, 5.41) is 0. The third kappa shape index (κ3) is 2.39. The molecule has 0 radical (unpaired) electrons. The standard InChI is InChI=1S/C12H13FN2O/c1-8-11(15-12(14)16-8)7-4-9-2-5-10(13)6-3-9/h2-3,5-6H,4,7H2,1H3,(H2,14,15). The van der Waals surface area contributed by atoms with Crippen molar-refractivity contribution < 1.29 is 8.81 Å². The van der Waals surface area contributed by atoms with Gasteiger partial charge in [-0.15, -0.1) is 0 Å². The summed E-state index contributed by atoms with van der Waals surface area (Å²) in [7, 11) is 0. The number of nitrogens with two attached hydrogens (primary N) is 1. The lowest BCUT2D eigenvalue weighted by molar-refractivity contribution is 0.544. The third-order valence-electron chi connectivity index (χ3n) is 2.47. The van der Waals surface area contributed by atoms with Crippen LogP contribution in [0.15, 0.2) is 28.7 Å². The summed E-state index contributed by atoms with van der Waals surface area (Å²) in [6.07, 6.45) is 1.55. The Bertz CT molecular complexity index is 476. The van der Waals surface area contributed by atoms with Gasteiger partial charge in [0.1, 0.15) is 11.6 Å². The van der Waals surface area contributed by atoms with Crippen LogP contribution in [-0.4, -0.2) is 4.98 Å². The Labute approximate surface area is 93.1 Å². The Morgan fingerprint density at radius 3 is 2.50 bits per heavy atom. The molecule has 0 spiro atoms. The van der Waals surface area contributed by atoms with Crippen molar-refractivity contribution in [3.05, 3.63) is 47.1 Å². The Hall–Kier alpha value is -1.84. The molecule has 0 amide bonds. The molecule has 84 valence electrons. The summed E-state index contributed by atoms with van der Waals surface area (Å²) in [5.41, 5.74) is 7.38. The summed E-state index contributed by atoms with van der Waals surface area (Å²) in [6, 6.07) is 6.66. The van der Waals surface area contributed by atoms with Crippen molar-refractivity contribution in [2.24, 2.45) is 0 Å². The molecule has 0 fully saturated rings. The number of halogens is 1. The lowest BCUT2D eigenvalue weighted by Crippen LogP contribution is -1.94. The fourth-order valence-corrected chi connectivity index (χ4v) is 1.60. The molecule has 0 saturated heterocycles. The average Bonchev–Trinajstić information content (AvgIpc) is 2.57. The van der Waals surface area contributed by atoms with Crippen LogP contribution in [0.5, 0.6) is 0 Å². The van der Waals surface area contributed by atoms with Gasteiger partial charge in [0.15, 0.2) is 0 Å². The zero-order chi connectivity index (χ0) is 11.5. The van der Waals surface area contributed by atoms with Gasteiger partial charge >= 0.3 is 0 Å². The molecule has 1 heterocycles. The number of nitrogen functional groups attached to an aromatic ring is 1. The Balaban J connectivity index is 2.02. The van der Waals surface area contributed by atoms with Crippen LogP contribution in [0.25, 0.3) is 0 Å². The molecule has 0 aliphatic heterocycles. The second kappa shape index (κ2) is 4.35. The molecule has 0 aliphatic rings. The van der Waals surface area contributed by atoms with Crippen LogP contribution in [0.3, 0.4) is 0 Å². The largest absolute Gasteiger partial charge is 0.429 e. The predicted octanol–water partition coefficient (Wildman–Crippen LogP) is 2.49. The maximum absolute atomic E-state index is 12.7. The van der Waals surface area contributed by atoms with E-state index in [0.29, 0.717) is 0 Å². The molecule has 2 rings (SSSR count). The fraction of sp³-hybridized carbons (Fsp3) is 0.250. The SMILES string of the molecule is Cc1oc(N)nc1CCc1ccc(F)cc1. The van der Waals surface area contributed by atoms with E-state index in [9.17, 15) is 4.39 Å². The van der Waals surface area contributed by atoms with Crippen molar-refractivity contribution in [2.75, 3.05) is 5.73 Å². The van der Waals surface area contributed by atoms with Gasteiger partial charge in [0.05, 0.1) is 5.69 Å². The van der Waals surface area contributed by atoms with Crippen LogP contribution in [0.2, 0.25) is 0 Å². The highest BCUT2D eigenvalue weighted by Gasteiger charge is 2.06. The lowest BCUT2D eigenvalue weighted by atomic mass is 10.1. The number of benzene rings is 1. The molecular weight excluding hydrogens is 207 g/mol. The Kier molecular flexibility index (Phi) is 2.90. The van der Waals surface area contributed by atoms with Gasteiger partial charge in [-0.3, -0.25) is 0 Å². The molecule has 0 unspecified atom stereocenters. The van der Waals surface area contributed by atoms with Gasteiger partial charge < -0.3 is 10.2 Å². The topological polar surface area (TPSA) is 52.0 Å². The van der Waals surface area contributed by atoms with E-state index < -0.39 is 0 Å². The van der Waals surface area contributed by atoms with Gasteiger partial charge in [0.2, 0.25) is 0 Å². The van der Waals surface area contributed by atoms with Crippen LogP contribution in [0.4, 0.5) is 10.4 Å². The number of aryl methyl sites for hydroxylation is 3. The average molecular weight is 220 g/mol. The van der Waals surface area contributed by atoms with E-state index in [-0.39, 0.29) is 11.8 Å². The molecule has 0 atom stereocenters. The van der Waals surface area contributed by atoms with Crippen molar-refractivity contribution >= 4 is 6.01 Å². The predicted molar refractivity (Wildman–Crippen MR) is 59.5 cm³/mol. The van der Waals surface area contributed by atoms with Crippen molar-refractivity contribution in [1.82, 2.24) is 4.98 Å². The van der Waals surface area contributed by atoms with E-state index in [1.54, 1.807) is 12.1 Å². The number of rotatable bonds is 3. The number of hydrogen-bond acceptors (Lipinski definition) is 3. The zero-order valence-electron chi connectivity index (χ0n) is 9.03. The first kappa shape index (κ1) is 10.7. The number of anilines is 1. The third-order valence-corrected chi connectivity index (χ3v) is 2.47. The molecule has 0 bridgehead atoms. The monoisotopic (exact) mass is 220 g/mol. The van der Waals surface area contributed by atoms with E-state index in [4.69, 9.17) is 10.2 Å². The number of hydrogen-bond donors (Lipinski definition) is 1. The summed E-state index contributed by atoms with van der Waals surface area (Å²) in [4.78, 5) is 4.08. The van der Waals surface area contributed by atoms with E-state index in [2.05, 4.69) is 4.98 Å². The molecule has 2 N–H and O–H groups in total. The molecule has 1 aromatic heterocycles. The first-order valence-electron chi connectivity index (χ1n) is 5.11. The van der Waals surface area contributed by atoms with Gasteiger partial charge in [-0.25, -0.2) is 4.39 Å². The quantitative estimate of drug-likeness (QED) is 0.864. The van der Waals surface area contributed by atoms with Crippen LogP contribution in [0, 0.1) is 12.7 Å². The van der Waals surface area contributed by atoms with Crippen molar-refractivity contribution in [3.8, 4) is 0 Å². The van der Waals surface area contributed by atoms with Gasteiger partial charge in [0, 0.05) is 0 Å². The number of oxazole rings is 1. The molecule has 2 aromatic rings. The molecule has 16 heavy (non-hydrogen) atoms. The fourth-order valence-electron chi connectivity index (χ4n) is 1.60. The van der Waals surface area contributed by atoms with Crippen molar-refractivity contribution in [2.45, 2.75) is 19.8 Å². The highest BCUT2D eigenvalue weighted by Crippen LogP contribution is 2.14. The second-order valence-electron chi connectivity index (χ2n) is 3.68. The maximum Gasteiger partial charge on any atom is 0.292 e. The van der Waals surface area contributed by atoms with Crippen LogP contribution < -0.4 is 5.73 Å². The van der Waals surface area contributed by atoms with Crippen molar-refractivity contribution in [3.63, 3.8) is 0 Å². The minimum absolute atomic E-state index is 0.201. The van der Waals surface area contributed by atoms with E-state index >= 15 is 0 Å². The molecule has 1 aromatic carbocycles. The first-order chi connectivity index (χ1) is 7.65. The Morgan fingerprint density at radius 1 is 1.25 bits per heavy atom. The molecule has 0 saturated carbocycles. The minimum Gasteiger partial charge on any atom is -0.429 e. The van der Waals surface area contributed by atoms with Crippen LogP contribution in [-0.2, 0) is 12.8 Å². The van der Waals surface area contributed by atoms with Crippen LogP contribution >= 0.6 is 0 Å². The summed E-state index contributed by atoms with van der Waals surface area (Å²) in [6.45, 7) is 1.84. The smallest absolute Gasteiger partial charge is 0.292 e. The number of aromatic nitrogens is 1. The summed E-state index contributed by atoms with van der Waals surface area (Å²) in [5.74, 6) is 0.533. The van der Waals surface area contributed by atoms with E-state index in [0.717, 1.165) is 29.9 Å². The second-order valence-corrected chi connectivity index (χ2v) is 3.68. The highest BCUT2D eigenvalue weighted by atomic mass is 19.1. The summed E-state index contributed by atoms with van der Waals surface area (Å²) < 4.78 is 17.8. The van der Waals surface area contributed by atoms with Gasteiger partial charge in [-0.2, -0.15) is 4.98 Å². The molecule has 3 nitrogen and oxygen atoms in total. The van der Waals surface area contributed by atoms with Crippen LogP contribution in [0.1, 0.15) is 17.0 Å². The van der Waals surface area contributed by atoms with Gasteiger partial charge in [-0.1, -0.05) is 12.1 Å². The lowest BCUT2D eigenvalue weighted by Gasteiger charge is -1.99. The minimum atomic E-state index is -0.217. The van der Waals surface area contributed by atoms with E-state index in [1.807, 2.05) is 6.92 Å². The highest BCUT2D eigenvalue weighted by molar-refractivity contribution is 5.22. The normalized spacial score (nSPS) is 10.6. The summed E-state index contributed by atoms with van der Waals surface area (Å²) >= 11 is 0.